The molecule has 186 valence electrons. The van der Waals surface area contributed by atoms with Crippen molar-refractivity contribution in [2.45, 2.75) is 0 Å². The van der Waals surface area contributed by atoms with Gasteiger partial charge in [-0.25, -0.2) is 24.0 Å². The van der Waals surface area contributed by atoms with Crippen molar-refractivity contribution < 1.29 is 49.5 Å². The van der Waals surface area contributed by atoms with Crippen molar-refractivity contribution in [3.05, 3.63) is 107 Å². The minimum atomic E-state index is -1.49. The van der Waals surface area contributed by atoms with Crippen LogP contribution in [0.3, 0.4) is 0 Å². The van der Waals surface area contributed by atoms with Crippen molar-refractivity contribution in [3.8, 4) is 11.1 Å². The van der Waals surface area contributed by atoms with E-state index in [2.05, 4.69) is 0 Å². The van der Waals surface area contributed by atoms with Gasteiger partial charge in [-0.1, -0.05) is 42.5 Å². The Morgan fingerprint density at radius 1 is 0.378 bits per heavy atom. The van der Waals surface area contributed by atoms with Crippen LogP contribution in [0.25, 0.3) is 21.9 Å². The second kappa shape index (κ2) is 10.8. The third kappa shape index (κ3) is 5.60. The van der Waals surface area contributed by atoms with Crippen LogP contribution >= 0.6 is 0 Å². The highest BCUT2D eigenvalue weighted by Crippen LogP contribution is 2.30. The second-order valence-electron chi connectivity index (χ2n) is 7.54. The van der Waals surface area contributed by atoms with Crippen LogP contribution < -0.4 is 0 Å². The molecule has 0 radical (unpaired) electrons. The minimum Gasteiger partial charge on any atom is -0.478 e. The number of carboxylic acids is 5. The highest BCUT2D eigenvalue weighted by atomic mass is 16.4. The lowest BCUT2D eigenvalue weighted by atomic mass is 9.91. The summed E-state index contributed by atoms with van der Waals surface area (Å²) < 4.78 is 0. The van der Waals surface area contributed by atoms with Gasteiger partial charge in [0.15, 0.2) is 0 Å². The predicted octanol–water partition coefficient (Wildman–Crippen LogP) is 4.68. The summed E-state index contributed by atoms with van der Waals surface area (Å²) in [6, 6.07) is 20.5. The zero-order valence-corrected chi connectivity index (χ0v) is 18.8. The van der Waals surface area contributed by atoms with E-state index in [0.717, 1.165) is 35.4 Å². The Bertz CT molecular complexity index is 1400. The molecule has 0 heterocycles. The molecular weight excluding hydrogens is 484 g/mol. The maximum Gasteiger partial charge on any atom is 0.336 e. The molecule has 10 heteroatoms. The Morgan fingerprint density at radius 3 is 1.00 bits per heavy atom. The van der Waals surface area contributed by atoms with Crippen LogP contribution in [0.15, 0.2) is 78.9 Å². The van der Waals surface area contributed by atoms with Crippen molar-refractivity contribution in [1.29, 1.82) is 0 Å². The SMILES string of the molecule is O=C(O)c1ccc(-c2ccccc2)cc1.O=C(O)c1ccc(C(=O)O)c2c(C(=O)O)ccc(C(=O)O)c12. The molecule has 4 aromatic rings. The normalized spacial score (nSPS) is 10.2. The number of carboxylic acid groups (broad SMARTS) is 5. The lowest BCUT2D eigenvalue weighted by molar-refractivity contribution is 0.0675. The van der Waals surface area contributed by atoms with Gasteiger partial charge in [0.1, 0.15) is 0 Å². The van der Waals surface area contributed by atoms with Crippen LogP contribution in [0.2, 0.25) is 0 Å². The average Bonchev–Trinajstić information content (AvgIpc) is 2.87. The zero-order valence-electron chi connectivity index (χ0n) is 18.8. The van der Waals surface area contributed by atoms with E-state index in [1.54, 1.807) is 12.1 Å². The first-order valence-electron chi connectivity index (χ1n) is 10.4. The van der Waals surface area contributed by atoms with Crippen molar-refractivity contribution in [2.75, 3.05) is 0 Å². The maximum absolute atomic E-state index is 11.3. The standard InChI is InChI=1S/C14H8O8.C13H10O2/c15-11(16)5-1-2-6(12(17)18)10-8(14(21)22)4-3-7(9(5)10)13(19)20;14-13(15)12-8-6-11(7-9-12)10-4-2-1-3-5-10/h1-4H,(H,15,16)(H,17,18)(H,19,20)(H,21,22);1-9H,(H,14,15). The molecule has 0 amide bonds. The summed E-state index contributed by atoms with van der Waals surface area (Å²) in [7, 11) is 0. The van der Waals surface area contributed by atoms with Crippen molar-refractivity contribution >= 4 is 40.6 Å². The molecule has 0 aliphatic rings. The molecule has 4 rings (SSSR count). The Labute approximate surface area is 208 Å². The largest absolute Gasteiger partial charge is 0.478 e. The Hall–Kier alpha value is -5.51. The molecule has 10 nitrogen and oxygen atoms in total. The van der Waals surface area contributed by atoms with E-state index in [-0.39, 0.29) is 0 Å². The molecular formula is C27H18O10. The summed E-state index contributed by atoms with van der Waals surface area (Å²) in [6.45, 7) is 0. The van der Waals surface area contributed by atoms with Crippen molar-refractivity contribution in [1.82, 2.24) is 0 Å². The molecule has 0 aliphatic heterocycles. The number of rotatable bonds is 6. The second-order valence-corrected chi connectivity index (χ2v) is 7.54. The molecule has 0 saturated carbocycles. The summed E-state index contributed by atoms with van der Waals surface area (Å²) in [5.41, 5.74) is 0.492. The molecule has 0 fully saturated rings. The molecule has 37 heavy (non-hydrogen) atoms. The van der Waals surface area contributed by atoms with Gasteiger partial charge in [-0.2, -0.15) is 0 Å². The number of hydrogen-bond donors (Lipinski definition) is 5. The Morgan fingerprint density at radius 2 is 0.703 bits per heavy atom. The van der Waals surface area contributed by atoms with Crippen molar-refractivity contribution in [3.63, 3.8) is 0 Å². The molecule has 4 aromatic carbocycles. The minimum absolute atomic E-state index is 0.315. The van der Waals surface area contributed by atoms with Gasteiger partial charge in [0.25, 0.3) is 0 Å². The average molecular weight is 502 g/mol. The molecule has 5 N–H and O–H groups in total. The van der Waals surface area contributed by atoms with Gasteiger partial charge in [0.05, 0.1) is 27.8 Å². The van der Waals surface area contributed by atoms with Gasteiger partial charge in [-0.15, -0.1) is 0 Å². The molecule has 0 unspecified atom stereocenters. The van der Waals surface area contributed by atoms with E-state index in [9.17, 15) is 24.0 Å². The third-order valence-corrected chi connectivity index (χ3v) is 5.32. The third-order valence-electron chi connectivity index (χ3n) is 5.32. The fraction of sp³-hybridized carbons (Fsp3) is 0. The maximum atomic E-state index is 11.3. The Balaban J connectivity index is 0.000000220. The summed E-state index contributed by atoms with van der Waals surface area (Å²) in [5, 5.41) is 44.5. The van der Waals surface area contributed by atoms with Gasteiger partial charge in [-0.05, 0) is 47.5 Å². The fourth-order valence-corrected chi connectivity index (χ4v) is 3.64. The van der Waals surface area contributed by atoms with Crippen LogP contribution in [0.1, 0.15) is 51.8 Å². The van der Waals surface area contributed by atoms with Gasteiger partial charge in [0, 0.05) is 10.8 Å². The number of carbonyl (C=O) groups is 5. The van der Waals surface area contributed by atoms with E-state index in [4.69, 9.17) is 25.5 Å². The highest BCUT2D eigenvalue weighted by molar-refractivity contribution is 6.21. The number of hydrogen-bond acceptors (Lipinski definition) is 5. The van der Waals surface area contributed by atoms with Crippen LogP contribution in [-0.2, 0) is 0 Å². The summed E-state index contributed by atoms with van der Waals surface area (Å²) in [6.07, 6.45) is 0. The lowest BCUT2D eigenvalue weighted by Gasteiger charge is -2.11. The van der Waals surface area contributed by atoms with Gasteiger partial charge < -0.3 is 25.5 Å². The van der Waals surface area contributed by atoms with E-state index in [1.807, 2.05) is 42.5 Å². The van der Waals surface area contributed by atoms with E-state index < -0.39 is 62.9 Å². The monoisotopic (exact) mass is 502 g/mol. The van der Waals surface area contributed by atoms with E-state index in [1.165, 1.54) is 0 Å². The van der Waals surface area contributed by atoms with Crippen molar-refractivity contribution in [2.24, 2.45) is 0 Å². The number of benzene rings is 4. The predicted molar refractivity (Wildman–Crippen MR) is 131 cm³/mol. The zero-order chi connectivity index (χ0) is 27.3. The van der Waals surface area contributed by atoms with Crippen LogP contribution in [-0.4, -0.2) is 55.4 Å². The number of aromatic carboxylic acids is 5. The first-order chi connectivity index (χ1) is 17.5. The van der Waals surface area contributed by atoms with Gasteiger partial charge in [-0.3, -0.25) is 0 Å². The molecule has 0 bridgehead atoms. The summed E-state index contributed by atoms with van der Waals surface area (Å²) >= 11 is 0. The van der Waals surface area contributed by atoms with Crippen LogP contribution in [0.4, 0.5) is 0 Å². The first-order valence-corrected chi connectivity index (χ1v) is 10.4. The van der Waals surface area contributed by atoms with Crippen LogP contribution in [0, 0.1) is 0 Å². The first kappa shape index (κ1) is 26.1. The molecule has 0 spiro atoms. The smallest absolute Gasteiger partial charge is 0.336 e. The molecule has 0 saturated heterocycles. The molecule has 0 atom stereocenters. The van der Waals surface area contributed by atoms with E-state index >= 15 is 0 Å². The molecule has 0 aromatic heterocycles. The summed E-state index contributed by atoms with van der Waals surface area (Å²) in [4.78, 5) is 55.7. The topological polar surface area (TPSA) is 186 Å². The van der Waals surface area contributed by atoms with E-state index in [0.29, 0.717) is 5.56 Å². The Kier molecular flexibility index (Phi) is 7.64. The van der Waals surface area contributed by atoms with Gasteiger partial charge >= 0.3 is 29.8 Å². The summed E-state index contributed by atoms with van der Waals surface area (Å²) in [5.74, 6) is -6.87. The number of fused-ring (bicyclic) bond motifs is 1. The van der Waals surface area contributed by atoms with Crippen LogP contribution in [0.5, 0.6) is 0 Å². The molecule has 0 aliphatic carbocycles. The quantitative estimate of drug-likeness (QED) is 0.248. The fourth-order valence-electron chi connectivity index (χ4n) is 3.64. The highest BCUT2D eigenvalue weighted by Gasteiger charge is 2.25. The lowest BCUT2D eigenvalue weighted by Crippen LogP contribution is -2.11. The van der Waals surface area contributed by atoms with Gasteiger partial charge in [0.2, 0.25) is 0 Å².